The molecule has 2 aromatic heterocycles. The number of nitrogens with one attached hydrogen (secondary N) is 1. The van der Waals surface area contributed by atoms with E-state index in [0.29, 0.717) is 5.76 Å². The van der Waals surface area contributed by atoms with Crippen LogP contribution in [0.5, 0.6) is 0 Å². The molecule has 1 N–H and O–H groups in total. The predicted molar refractivity (Wildman–Crippen MR) is 104 cm³/mol. The molecule has 138 valence electrons. The average molecular weight is 362 g/mol. The number of aryl methyl sites for hydroxylation is 1. The fourth-order valence-electron chi connectivity index (χ4n) is 3.37. The number of hydrogen-bond donors (Lipinski definition) is 1. The molecule has 0 unspecified atom stereocenters. The molecule has 0 spiro atoms. The van der Waals surface area contributed by atoms with E-state index in [4.69, 9.17) is 4.42 Å². The maximum Gasteiger partial charge on any atom is 0.227 e. The van der Waals surface area contributed by atoms with Crippen LogP contribution in [0, 0.1) is 12.8 Å². The fraction of sp³-hybridized carbons (Fsp3) is 0.286. The molecule has 1 aromatic carbocycles. The molecule has 1 amide bonds. The lowest BCUT2D eigenvalue weighted by Crippen LogP contribution is -2.38. The molecule has 1 fully saturated rings. The number of aromatic nitrogens is 2. The van der Waals surface area contributed by atoms with Crippen LogP contribution in [0.3, 0.4) is 0 Å². The van der Waals surface area contributed by atoms with Crippen LogP contribution in [0.1, 0.15) is 18.4 Å². The van der Waals surface area contributed by atoms with Gasteiger partial charge in [-0.1, -0.05) is 18.2 Å². The molecular weight excluding hydrogens is 340 g/mol. The van der Waals surface area contributed by atoms with Crippen molar-refractivity contribution in [3.63, 3.8) is 0 Å². The molecule has 0 atom stereocenters. The van der Waals surface area contributed by atoms with Crippen LogP contribution in [0.25, 0.3) is 11.5 Å². The maximum atomic E-state index is 12.6. The van der Waals surface area contributed by atoms with E-state index in [1.807, 2.05) is 55.5 Å². The first-order valence-electron chi connectivity index (χ1n) is 9.20. The van der Waals surface area contributed by atoms with Gasteiger partial charge in [-0.3, -0.25) is 4.79 Å². The number of nitrogens with zero attached hydrogens (tertiary/aromatic N) is 3. The Morgan fingerprint density at radius 1 is 1.07 bits per heavy atom. The largest absolute Gasteiger partial charge is 0.463 e. The highest BCUT2D eigenvalue weighted by Gasteiger charge is 2.26. The Labute approximate surface area is 158 Å². The number of amides is 1. The van der Waals surface area contributed by atoms with E-state index in [-0.39, 0.29) is 11.8 Å². The summed E-state index contributed by atoms with van der Waals surface area (Å²) in [5.74, 6) is 1.67. The second-order valence-electron chi connectivity index (χ2n) is 6.82. The van der Waals surface area contributed by atoms with Crippen molar-refractivity contribution in [2.75, 3.05) is 23.3 Å². The number of hydrogen-bond acceptors (Lipinski definition) is 5. The summed E-state index contributed by atoms with van der Waals surface area (Å²) in [6.07, 6.45) is 3.23. The first-order chi connectivity index (χ1) is 13.2. The van der Waals surface area contributed by atoms with Crippen molar-refractivity contribution >= 4 is 17.4 Å². The summed E-state index contributed by atoms with van der Waals surface area (Å²) in [5.41, 5.74) is 2.69. The summed E-state index contributed by atoms with van der Waals surface area (Å²) in [5, 5.41) is 11.6. The normalized spacial score (nSPS) is 14.9. The van der Waals surface area contributed by atoms with Gasteiger partial charge in [0.2, 0.25) is 5.91 Å². The Morgan fingerprint density at radius 3 is 2.56 bits per heavy atom. The van der Waals surface area contributed by atoms with E-state index < -0.39 is 0 Å². The number of furan rings is 1. The van der Waals surface area contributed by atoms with E-state index in [9.17, 15) is 4.79 Å². The molecule has 1 aliphatic rings. The summed E-state index contributed by atoms with van der Waals surface area (Å²) in [4.78, 5) is 14.7. The number of para-hydroxylation sites is 1. The standard InChI is InChI=1S/C21H22N4O2/c1-15-5-2-3-6-17(15)22-21(26)16-10-12-25(13-11-16)20-9-8-18(23-24-20)19-7-4-14-27-19/h2-9,14,16H,10-13H2,1H3,(H,22,26). The fourth-order valence-corrected chi connectivity index (χ4v) is 3.37. The van der Waals surface area contributed by atoms with E-state index in [1.54, 1.807) is 6.26 Å². The number of carbonyl (C=O) groups excluding carboxylic acids is 1. The second kappa shape index (κ2) is 7.61. The van der Waals surface area contributed by atoms with Gasteiger partial charge in [0, 0.05) is 24.7 Å². The Bertz CT molecular complexity index is 898. The van der Waals surface area contributed by atoms with Gasteiger partial charge < -0.3 is 14.6 Å². The zero-order chi connectivity index (χ0) is 18.6. The van der Waals surface area contributed by atoms with Crippen LogP contribution in [0.15, 0.2) is 59.2 Å². The van der Waals surface area contributed by atoms with Crippen molar-refractivity contribution < 1.29 is 9.21 Å². The molecule has 1 aliphatic heterocycles. The number of anilines is 2. The Balaban J connectivity index is 1.34. The van der Waals surface area contributed by atoms with Crippen LogP contribution < -0.4 is 10.2 Å². The third kappa shape index (κ3) is 3.84. The Kier molecular flexibility index (Phi) is 4.87. The van der Waals surface area contributed by atoms with E-state index >= 15 is 0 Å². The molecule has 3 aromatic rings. The van der Waals surface area contributed by atoms with Gasteiger partial charge in [0.1, 0.15) is 5.69 Å². The molecule has 6 nitrogen and oxygen atoms in total. The molecule has 6 heteroatoms. The minimum absolute atomic E-state index is 0.0243. The summed E-state index contributed by atoms with van der Waals surface area (Å²) >= 11 is 0. The topological polar surface area (TPSA) is 71.3 Å². The number of benzene rings is 1. The Hall–Kier alpha value is -3.15. The van der Waals surface area contributed by atoms with Gasteiger partial charge in [-0.2, -0.15) is 0 Å². The van der Waals surface area contributed by atoms with E-state index in [2.05, 4.69) is 20.4 Å². The van der Waals surface area contributed by atoms with Crippen LogP contribution in [0.4, 0.5) is 11.5 Å². The minimum Gasteiger partial charge on any atom is -0.463 e. The van der Waals surface area contributed by atoms with Crippen LogP contribution in [-0.4, -0.2) is 29.2 Å². The monoisotopic (exact) mass is 362 g/mol. The lowest BCUT2D eigenvalue weighted by Gasteiger charge is -2.31. The van der Waals surface area contributed by atoms with E-state index in [1.165, 1.54) is 0 Å². The van der Waals surface area contributed by atoms with Gasteiger partial charge >= 0.3 is 0 Å². The highest BCUT2D eigenvalue weighted by molar-refractivity contribution is 5.93. The first kappa shape index (κ1) is 17.3. The molecular formula is C21H22N4O2. The molecule has 1 saturated heterocycles. The zero-order valence-electron chi connectivity index (χ0n) is 15.3. The van der Waals surface area contributed by atoms with Crippen molar-refractivity contribution in [1.82, 2.24) is 10.2 Å². The van der Waals surface area contributed by atoms with Gasteiger partial charge in [-0.05, 0) is 55.7 Å². The maximum absolute atomic E-state index is 12.6. The summed E-state index contributed by atoms with van der Waals surface area (Å²) in [6, 6.07) is 15.4. The highest BCUT2D eigenvalue weighted by atomic mass is 16.3. The Morgan fingerprint density at radius 2 is 1.89 bits per heavy atom. The highest BCUT2D eigenvalue weighted by Crippen LogP contribution is 2.25. The van der Waals surface area contributed by atoms with Crippen LogP contribution in [-0.2, 0) is 4.79 Å². The smallest absolute Gasteiger partial charge is 0.227 e. The van der Waals surface area contributed by atoms with Crippen molar-refractivity contribution in [2.45, 2.75) is 19.8 Å². The summed E-state index contributed by atoms with van der Waals surface area (Å²) < 4.78 is 5.34. The van der Waals surface area contributed by atoms with Crippen molar-refractivity contribution in [3.05, 3.63) is 60.4 Å². The third-order valence-corrected chi connectivity index (χ3v) is 5.02. The second-order valence-corrected chi connectivity index (χ2v) is 6.82. The van der Waals surface area contributed by atoms with Crippen molar-refractivity contribution in [1.29, 1.82) is 0 Å². The number of rotatable bonds is 4. The molecule has 27 heavy (non-hydrogen) atoms. The van der Waals surface area contributed by atoms with Gasteiger partial charge in [0.05, 0.1) is 6.26 Å². The summed E-state index contributed by atoms with van der Waals surface area (Å²) in [6.45, 7) is 3.59. The lowest BCUT2D eigenvalue weighted by atomic mass is 9.95. The van der Waals surface area contributed by atoms with Crippen LogP contribution >= 0.6 is 0 Å². The van der Waals surface area contributed by atoms with Gasteiger partial charge in [-0.15, -0.1) is 10.2 Å². The summed E-state index contributed by atoms with van der Waals surface area (Å²) in [7, 11) is 0. The molecule has 0 aliphatic carbocycles. The number of piperidine rings is 1. The van der Waals surface area contributed by atoms with Gasteiger partial charge in [-0.25, -0.2) is 0 Å². The molecule has 4 rings (SSSR count). The molecule has 0 saturated carbocycles. The zero-order valence-corrected chi connectivity index (χ0v) is 15.3. The van der Waals surface area contributed by atoms with E-state index in [0.717, 1.165) is 48.7 Å². The minimum atomic E-state index is 0.0243. The molecule has 0 bridgehead atoms. The van der Waals surface area contributed by atoms with Gasteiger partial charge in [0.15, 0.2) is 11.6 Å². The predicted octanol–water partition coefficient (Wildman–Crippen LogP) is 3.90. The SMILES string of the molecule is Cc1ccccc1NC(=O)C1CCN(c2ccc(-c3ccco3)nn2)CC1. The molecule has 3 heterocycles. The molecule has 0 radical (unpaired) electrons. The first-order valence-corrected chi connectivity index (χ1v) is 9.20. The number of carbonyl (C=O) groups is 1. The van der Waals surface area contributed by atoms with Crippen molar-refractivity contribution in [3.8, 4) is 11.5 Å². The lowest BCUT2D eigenvalue weighted by molar-refractivity contribution is -0.120. The quantitative estimate of drug-likeness (QED) is 0.762. The average Bonchev–Trinajstić information content (AvgIpc) is 3.25. The van der Waals surface area contributed by atoms with Gasteiger partial charge in [0.25, 0.3) is 0 Å². The third-order valence-electron chi connectivity index (χ3n) is 5.02. The van der Waals surface area contributed by atoms with Crippen LogP contribution in [0.2, 0.25) is 0 Å². The van der Waals surface area contributed by atoms with Crippen molar-refractivity contribution in [2.24, 2.45) is 5.92 Å².